The van der Waals surface area contributed by atoms with Gasteiger partial charge in [0.05, 0.1) is 0 Å². The summed E-state index contributed by atoms with van der Waals surface area (Å²) in [6.07, 6.45) is 0.958. The third-order valence-electron chi connectivity index (χ3n) is 4.37. The van der Waals surface area contributed by atoms with Crippen LogP contribution in [0, 0.1) is 0 Å². The molecule has 0 heterocycles. The molecule has 0 aromatic heterocycles. The van der Waals surface area contributed by atoms with Crippen LogP contribution in [0.15, 0.2) is 84.9 Å². The second-order valence-electron chi connectivity index (χ2n) is 6.10. The van der Waals surface area contributed by atoms with Crippen LogP contribution in [-0.4, -0.2) is 13.2 Å². The van der Waals surface area contributed by atoms with Gasteiger partial charge in [-0.15, -0.1) is 0 Å². The largest absolute Gasteiger partial charge is 0.492 e. The Morgan fingerprint density at radius 1 is 0.731 bits per heavy atom. The molecule has 0 bridgehead atoms. The molecule has 3 aromatic rings. The van der Waals surface area contributed by atoms with Crippen LogP contribution in [0.25, 0.3) is 11.1 Å². The van der Waals surface area contributed by atoms with Gasteiger partial charge in [-0.25, -0.2) is 0 Å². The first-order chi connectivity index (χ1) is 12.8. The average Bonchev–Trinajstić information content (AvgIpc) is 2.72. The SMILES string of the molecule is CC/C(=C(/c1ccccc1)c1ccc(OCCN)cc1)c1ccccc1. The van der Waals surface area contributed by atoms with Crippen molar-refractivity contribution in [2.75, 3.05) is 13.2 Å². The molecule has 3 aromatic carbocycles. The summed E-state index contributed by atoms with van der Waals surface area (Å²) < 4.78 is 5.63. The maximum absolute atomic E-state index is 5.63. The van der Waals surface area contributed by atoms with E-state index in [0.717, 1.165) is 12.2 Å². The fraction of sp³-hybridized carbons (Fsp3) is 0.167. The maximum atomic E-state index is 5.63. The van der Waals surface area contributed by atoms with Crippen LogP contribution >= 0.6 is 0 Å². The summed E-state index contributed by atoms with van der Waals surface area (Å²) in [5.74, 6) is 0.851. The molecule has 0 amide bonds. The van der Waals surface area contributed by atoms with Crippen LogP contribution in [0.2, 0.25) is 0 Å². The molecule has 0 unspecified atom stereocenters. The van der Waals surface area contributed by atoms with Gasteiger partial charge >= 0.3 is 0 Å². The number of rotatable bonds is 7. The molecule has 0 aliphatic heterocycles. The molecule has 0 radical (unpaired) electrons. The Hall–Kier alpha value is -2.84. The highest BCUT2D eigenvalue weighted by Crippen LogP contribution is 2.34. The molecule has 0 aliphatic carbocycles. The van der Waals surface area contributed by atoms with Gasteiger partial charge in [0.15, 0.2) is 0 Å². The summed E-state index contributed by atoms with van der Waals surface area (Å²) >= 11 is 0. The summed E-state index contributed by atoms with van der Waals surface area (Å²) in [4.78, 5) is 0. The van der Waals surface area contributed by atoms with Crippen molar-refractivity contribution in [1.29, 1.82) is 0 Å². The maximum Gasteiger partial charge on any atom is 0.119 e. The number of hydrogen-bond donors (Lipinski definition) is 1. The lowest BCUT2D eigenvalue weighted by Gasteiger charge is -2.16. The first-order valence-corrected chi connectivity index (χ1v) is 9.10. The minimum atomic E-state index is 0.519. The molecule has 0 spiro atoms. The Morgan fingerprint density at radius 3 is 1.81 bits per heavy atom. The Morgan fingerprint density at radius 2 is 1.27 bits per heavy atom. The number of hydrogen-bond acceptors (Lipinski definition) is 2. The molecule has 2 N–H and O–H groups in total. The number of benzene rings is 3. The lowest BCUT2D eigenvalue weighted by molar-refractivity contribution is 0.328. The molecule has 0 saturated carbocycles. The summed E-state index contributed by atoms with van der Waals surface area (Å²) in [6.45, 7) is 3.26. The van der Waals surface area contributed by atoms with Gasteiger partial charge in [0.25, 0.3) is 0 Å². The van der Waals surface area contributed by atoms with E-state index in [1.165, 1.54) is 27.8 Å². The van der Waals surface area contributed by atoms with Gasteiger partial charge in [-0.3, -0.25) is 0 Å². The van der Waals surface area contributed by atoms with Crippen molar-refractivity contribution in [2.45, 2.75) is 13.3 Å². The van der Waals surface area contributed by atoms with E-state index in [1.807, 2.05) is 12.1 Å². The van der Waals surface area contributed by atoms with E-state index in [2.05, 4.69) is 79.7 Å². The fourth-order valence-electron chi connectivity index (χ4n) is 3.18. The van der Waals surface area contributed by atoms with Gasteiger partial charge < -0.3 is 10.5 Å². The molecular formula is C24H25NO. The van der Waals surface area contributed by atoms with E-state index in [1.54, 1.807) is 0 Å². The van der Waals surface area contributed by atoms with Crippen LogP contribution in [0.4, 0.5) is 0 Å². The molecular weight excluding hydrogens is 318 g/mol. The third kappa shape index (κ3) is 4.22. The minimum absolute atomic E-state index is 0.519. The molecule has 3 rings (SSSR count). The second kappa shape index (κ2) is 9.02. The van der Waals surface area contributed by atoms with Gasteiger partial charge in [-0.05, 0) is 46.4 Å². The second-order valence-corrected chi connectivity index (χ2v) is 6.10. The monoisotopic (exact) mass is 343 g/mol. The first-order valence-electron chi connectivity index (χ1n) is 9.10. The van der Waals surface area contributed by atoms with E-state index in [0.29, 0.717) is 13.2 Å². The Balaban J connectivity index is 2.11. The van der Waals surface area contributed by atoms with Crippen molar-refractivity contribution >= 4 is 11.1 Å². The standard InChI is InChI=1S/C24H25NO/c1-2-23(19-9-5-3-6-10-19)24(20-11-7-4-8-12-20)21-13-15-22(16-14-21)26-18-17-25/h3-16H,2,17-18,25H2,1H3/b24-23+. The summed E-state index contributed by atoms with van der Waals surface area (Å²) in [6, 6.07) is 29.5. The van der Waals surface area contributed by atoms with Crippen molar-refractivity contribution in [3.8, 4) is 5.75 Å². The van der Waals surface area contributed by atoms with E-state index in [4.69, 9.17) is 10.5 Å². The predicted octanol–water partition coefficient (Wildman–Crippen LogP) is 5.39. The zero-order valence-electron chi connectivity index (χ0n) is 15.2. The third-order valence-corrected chi connectivity index (χ3v) is 4.37. The van der Waals surface area contributed by atoms with Crippen molar-refractivity contribution in [3.05, 3.63) is 102 Å². The van der Waals surface area contributed by atoms with Crippen molar-refractivity contribution in [3.63, 3.8) is 0 Å². The van der Waals surface area contributed by atoms with Crippen LogP contribution in [-0.2, 0) is 0 Å². The lowest BCUT2D eigenvalue weighted by atomic mass is 9.88. The molecule has 0 atom stereocenters. The van der Waals surface area contributed by atoms with E-state index in [-0.39, 0.29) is 0 Å². The quantitative estimate of drug-likeness (QED) is 0.584. The lowest BCUT2D eigenvalue weighted by Crippen LogP contribution is -2.10. The van der Waals surface area contributed by atoms with Gasteiger partial charge in [-0.1, -0.05) is 79.7 Å². The highest BCUT2D eigenvalue weighted by molar-refractivity contribution is 5.98. The molecule has 2 nitrogen and oxygen atoms in total. The highest BCUT2D eigenvalue weighted by Gasteiger charge is 2.12. The molecule has 0 saturated heterocycles. The van der Waals surface area contributed by atoms with Gasteiger partial charge in [0.1, 0.15) is 12.4 Å². The van der Waals surface area contributed by atoms with Crippen molar-refractivity contribution in [1.82, 2.24) is 0 Å². The van der Waals surface area contributed by atoms with Crippen molar-refractivity contribution in [2.24, 2.45) is 5.73 Å². The normalized spacial score (nSPS) is 11.8. The average molecular weight is 343 g/mol. The molecule has 26 heavy (non-hydrogen) atoms. The topological polar surface area (TPSA) is 35.2 Å². The Kier molecular flexibility index (Phi) is 6.24. The molecule has 0 aliphatic rings. The number of nitrogens with two attached hydrogens (primary N) is 1. The van der Waals surface area contributed by atoms with E-state index < -0.39 is 0 Å². The van der Waals surface area contributed by atoms with Gasteiger partial charge in [-0.2, -0.15) is 0 Å². The van der Waals surface area contributed by atoms with Crippen LogP contribution < -0.4 is 10.5 Å². The molecule has 132 valence electrons. The zero-order chi connectivity index (χ0) is 18.2. The highest BCUT2D eigenvalue weighted by atomic mass is 16.5. The zero-order valence-corrected chi connectivity index (χ0v) is 15.2. The first kappa shape index (κ1) is 18.0. The van der Waals surface area contributed by atoms with E-state index >= 15 is 0 Å². The van der Waals surface area contributed by atoms with Crippen LogP contribution in [0.3, 0.4) is 0 Å². The predicted molar refractivity (Wildman–Crippen MR) is 110 cm³/mol. The number of ether oxygens (including phenoxy) is 1. The van der Waals surface area contributed by atoms with Gasteiger partial charge in [0.2, 0.25) is 0 Å². The number of allylic oxidation sites excluding steroid dienone is 1. The van der Waals surface area contributed by atoms with Crippen molar-refractivity contribution < 1.29 is 4.74 Å². The Labute approximate surface area is 155 Å². The summed E-state index contributed by atoms with van der Waals surface area (Å²) in [5.41, 5.74) is 11.8. The minimum Gasteiger partial charge on any atom is -0.492 e. The summed E-state index contributed by atoms with van der Waals surface area (Å²) in [7, 11) is 0. The summed E-state index contributed by atoms with van der Waals surface area (Å²) in [5, 5.41) is 0. The molecule has 0 fully saturated rings. The fourth-order valence-corrected chi connectivity index (χ4v) is 3.18. The molecule has 2 heteroatoms. The Bertz CT molecular complexity index is 836. The van der Waals surface area contributed by atoms with Crippen LogP contribution in [0.1, 0.15) is 30.0 Å². The van der Waals surface area contributed by atoms with E-state index in [9.17, 15) is 0 Å². The van der Waals surface area contributed by atoms with Crippen LogP contribution in [0.5, 0.6) is 5.75 Å². The smallest absolute Gasteiger partial charge is 0.119 e. The van der Waals surface area contributed by atoms with Gasteiger partial charge in [0, 0.05) is 6.54 Å².